The summed E-state index contributed by atoms with van der Waals surface area (Å²) in [6.07, 6.45) is 1.48. The van der Waals surface area contributed by atoms with Crippen LogP contribution in [0.4, 0.5) is 5.69 Å². The van der Waals surface area contributed by atoms with Crippen LogP contribution in [0.15, 0.2) is 42.5 Å². The highest BCUT2D eigenvalue weighted by Gasteiger charge is 2.29. The Morgan fingerprint density at radius 3 is 2.41 bits per heavy atom. The molecule has 202 valence electrons. The highest BCUT2D eigenvalue weighted by atomic mass is 32.2. The lowest BCUT2D eigenvalue weighted by Crippen LogP contribution is -2.52. The monoisotopic (exact) mass is 531 g/mol. The summed E-state index contributed by atoms with van der Waals surface area (Å²) >= 11 is 0. The van der Waals surface area contributed by atoms with Crippen LogP contribution in [0.5, 0.6) is 11.5 Å². The van der Waals surface area contributed by atoms with Gasteiger partial charge in [0.05, 0.1) is 11.9 Å². The van der Waals surface area contributed by atoms with E-state index < -0.39 is 21.6 Å². The van der Waals surface area contributed by atoms with Crippen LogP contribution in [0, 0.1) is 6.92 Å². The number of aryl methyl sites for hydroxylation is 1. The van der Waals surface area contributed by atoms with Crippen molar-refractivity contribution in [2.45, 2.75) is 65.6 Å². The summed E-state index contributed by atoms with van der Waals surface area (Å²) in [4.78, 5) is 28.0. The van der Waals surface area contributed by atoms with E-state index in [4.69, 9.17) is 9.47 Å². The van der Waals surface area contributed by atoms with Crippen molar-refractivity contribution in [3.63, 3.8) is 0 Å². The van der Waals surface area contributed by atoms with E-state index in [0.717, 1.165) is 17.4 Å². The first-order valence-electron chi connectivity index (χ1n) is 12.3. The molecule has 0 saturated carbocycles. The van der Waals surface area contributed by atoms with Gasteiger partial charge in [-0.1, -0.05) is 24.3 Å². The Hall–Kier alpha value is -3.27. The number of hydrogen-bond acceptors (Lipinski definition) is 6. The first-order valence-corrected chi connectivity index (χ1v) is 14.1. The van der Waals surface area contributed by atoms with Crippen LogP contribution in [-0.4, -0.2) is 56.3 Å². The summed E-state index contributed by atoms with van der Waals surface area (Å²) in [6.45, 7) is 9.82. The van der Waals surface area contributed by atoms with E-state index in [0.29, 0.717) is 17.2 Å². The molecule has 1 aliphatic heterocycles. The number of benzene rings is 2. The summed E-state index contributed by atoms with van der Waals surface area (Å²) in [5, 5.41) is 2.95. The average Bonchev–Trinajstić information content (AvgIpc) is 3.26. The highest BCUT2D eigenvalue weighted by Crippen LogP contribution is 2.36. The Labute approximate surface area is 219 Å². The van der Waals surface area contributed by atoms with Crippen molar-refractivity contribution in [3.8, 4) is 11.5 Å². The van der Waals surface area contributed by atoms with Crippen molar-refractivity contribution in [2.24, 2.45) is 0 Å². The summed E-state index contributed by atoms with van der Waals surface area (Å²) in [5.74, 6) is 0.568. The lowest BCUT2D eigenvalue weighted by Gasteiger charge is -2.32. The molecule has 2 aromatic carbocycles. The average molecular weight is 532 g/mol. The fraction of sp³-hybridized carbons (Fsp3) is 0.481. The van der Waals surface area contributed by atoms with E-state index >= 15 is 0 Å². The maximum absolute atomic E-state index is 13.4. The molecule has 0 aliphatic carbocycles. The molecule has 1 heterocycles. The minimum Gasteiger partial charge on any atom is -0.454 e. The minimum absolute atomic E-state index is 0.0790. The van der Waals surface area contributed by atoms with E-state index in [1.807, 2.05) is 52.0 Å². The molecule has 0 spiro atoms. The Morgan fingerprint density at radius 2 is 1.76 bits per heavy atom. The normalized spacial score (nSPS) is 13.7. The maximum atomic E-state index is 13.4. The number of sulfonamides is 1. The summed E-state index contributed by atoms with van der Waals surface area (Å²) in [5.41, 5.74) is 1.97. The largest absolute Gasteiger partial charge is 0.454 e. The number of carbonyl (C=O) groups is 2. The summed E-state index contributed by atoms with van der Waals surface area (Å²) < 4.78 is 37.1. The predicted molar refractivity (Wildman–Crippen MR) is 143 cm³/mol. The fourth-order valence-electron chi connectivity index (χ4n) is 4.07. The molecule has 2 amide bonds. The van der Waals surface area contributed by atoms with Crippen LogP contribution in [0.2, 0.25) is 0 Å². The first kappa shape index (κ1) is 28.3. The Balaban J connectivity index is 1.75. The topological polar surface area (TPSA) is 105 Å². The van der Waals surface area contributed by atoms with Gasteiger partial charge in [0.1, 0.15) is 6.04 Å². The van der Waals surface area contributed by atoms with E-state index in [1.165, 1.54) is 4.31 Å². The van der Waals surface area contributed by atoms with Crippen LogP contribution in [0.25, 0.3) is 0 Å². The van der Waals surface area contributed by atoms with Gasteiger partial charge in [0.2, 0.25) is 28.6 Å². The molecule has 10 heteroatoms. The quantitative estimate of drug-likeness (QED) is 0.502. The summed E-state index contributed by atoms with van der Waals surface area (Å²) in [6, 6.07) is 12.0. The third-order valence-corrected chi connectivity index (χ3v) is 7.26. The standard InChI is InChI=1S/C27H37N3O6S/c1-19-10-7-8-11-21(19)17-29(20(2)26(32)28-27(3,4)5)25(31)12-9-15-30(37(6,33)34)22-13-14-23-24(16-22)36-18-35-23/h7-8,10-11,13-14,16,20H,9,12,15,17-18H2,1-6H3,(H,28,32)/t20-/m0/s1. The molecule has 0 fully saturated rings. The molecule has 37 heavy (non-hydrogen) atoms. The fourth-order valence-corrected chi connectivity index (χ4v) is 5.03. The molecule has 0 bridgehead atoms. The van der Waals surface area contributed by atoms with Crippen molar-refractivity contribution in [3.05, 3.63) is 53.6 Å². The molecule has 3 rings (SSSR count). The van der Waals surface area contributed by atoms with Gasteiger partial charge in [-0.25, -0.2) is 8.42 Å². The predicted octanol–water partition coefficient (Wildman–Crippen LogP) is 3.60. The Morgan fingerprint density at radius 1 is 1.08 bits per heavy atom. The molecule has 0 saturated heterocycles. The number of carbonyl (C=O) groups excluding carboxylic acids is 2. The molecule has 1 N–H and O–H groups in total. The smallest absolute Gasteiger partial charge is 0.242 e. The number of anilines is 1. The van der Waals surface area contributed by atoms with Crippen molar-refractivity contribution in [1.29, 1.82) is 0 Å². The van der Waals surface area contributed by atoms with Gasteiger partial charge >= 0.3 is 0 Å². The molecule has 9 nitrogen and oxygen atoms in total. The lowest BCUT2D eigenvalue weighted by molar-refractivity contribution is -0.141. The third-order valence-electron chi connectivity index (χ3n) is 6.06. The van der Waals surface area contributed by atoms with Crippen LogP contribution >= 0.6 is 0 Å². The molecule has 0 radical (unpaired) electrons. The van der Waals surface area contributed by atoms with Gasteiger partial charge in [-0.15, -0.1) is 0 Å². The van der Waals surface area contributed by atoms with Gasteiger partial charge in [0.15, 0.2) is 11.5 Å². The van der Waals surface area contributed by atoms with Crippen molar-refractivity contribution in [2.75, 3.05) is 23.9 Å². The van der Waals surface area contributed by atoms with Gasteiger partial charge in [-0.2, -0.15) is 0 Å². The molecular weight excluding hydrogens is 494 g/mol. The highest BCUT2D eigenvalue weighted by molar-refractivity contribution is 7.92. The zero-order valence-electron chi connectivity index (χ0n) is 22.4. The zero-order chi connectivity index (χ0) is 27.4. The Kier molecular flexibility index (Phi) is 8.73. The number of nitrogens with zero attached hydrogens (tertiary/aromatic N) is 2. The number of hydrogen-bond donors (Lipinski definition) is 1. The van der Waals surface area contributed by atoms with Gasteiger partial charge in [-0.3, -0.25) is 13.9 Å². The molecule has 1 atom stereocenters. The number of nitrogens with one attached hydrogen (secondary N) is 1. The Bertz CT molecular complexity index is 1240. The van der Waals surface area contributed by atoms with E-state index in [9.17, 15) is 18.0 Å². The van der Waals surface area contributed by atoms with E-state index in [1.54, 1.807) is 30.0 Å². The molecule has 1 aliphatic rings. The van der Waals surface area contributed by atoms with E-state index in [2.05, 4.69) is 5.32 Å². The zero-order valence-corrected chi connectivity index (χ0v) is 23.2. The van der Waals surface area contributed by atoms with Gasteiger partial charge < -0.3 is 19.7 Å². The number of rotatable bonds is 10. The second kappa shape index (κ2) is 11.4. The number of ether oxygens (including phenoxy) is 2. The number of fused-ring (bicyclic) bond motifs is 1. The van der Waals surface area contributed by atoms with Gasteiger partial charge in [0, 0.05) is 31.1 Å². The lowest BCUT2D eigenvalue weighted by atomic mass is 10.1. The third kappa shape index (κ3) is 7.61. The maximum Gasteiger partial charge on any atom is 0.242 e. The van der Waals surface area contributed by atoms with Crippen molar-refractivity contribution < 1.29 is 27.5 Å². The van der Waals surface area contributed by atoms with Crippen molar-refractivity contribution in [1.82, 2.24) is 10.2 Å². The molecule has 2 aromatic rings. The van der Waals surface area contributed by atoms with Crippen LogP contribution in [-0.2, 0) is 26.2 Å². The van der Waals surface area contributed by atoms with Gasteiger partial charge in [-0.05, 0) is 64.3 Å². The first-order chi connectivity index (χ1) is 17.3. The van der Waals surface area contributed by atoms with Crippen LogP contribution in [0.1, 0.15) is 51.7 Å². The van der Waals surface area contributed by atoms with E-state index in [-0.39, 0.29) is 44.5 Å². The second-order valence-electron chi connectivity index (χ2n) is 10.3. The van der Waals surface area contributed by atoms with Crippen LogP contribution < -0.4 is 19.1 Å². The second-order valence-corrected chi connectivity index (χ2v) is 12.2. The number of amides is 2. The summed E-state index contributed by atoms with van der Waals surface area (Å²) in [7, 11) is -3.61. The van der Waals surface area contributed by atoms with Crippen molar-refractivity contribution >= 4 is 27.5 Å². The molecule has 0 aromatic heterocycles. The minimum atomic E-state index is -3.61. The molecule has 0 unspecified atom stereocenters. The SMILES string of the molecule is Cc1ccccc1CN(C(=O)CCCN(c1ccc2c(c1)OCO2)S(C)(=O)=O)[C@@H](C)C(=O)NC(C)(C)C. The van der Waals surface area contributed by atoms with Crippen LogP contribution in [0.3, 0.4) is 0 Å². The van der Waals surface area contributed by atoms with Gasteiger partial charge in [0.25, 0.3) is 0 Å². The molecular formula is C27H37N3O6S.